The highest BCUT2D eigenvalue weighted by Crippen LogP contribution is 2.34. The fourth-order valence-electron chi connectivity index (χ4n) is 3.72. The Hall–Kier alpha value is -2.78. The Bertz CT molecular complexity index is 1240. The smallest absolute Gasteiger partial charge is 0.202 e. The van der Waals surface area contributed by atoms with Crippen molar-refractivity contribution < 1.29 is 19.7 Å². The zero-order chi connectivity index (χ0) is 22.0. The quantitative estimate of drug-likeness (QED) is 0.386. The standard InChI is InChI=1S/C23H24N2O5S/c1-2-14-11-15-21(29)17(23-24-18-5-3-4-6-19(18)31-23)13-30-22(15)16(20(14)28)12-25(7-9-26)8-10-27/h3-6,11,13,26-28H,2,7-10,12H2,1H3. The first-order valence-electron chi connectivity index (χ1n) is 10.2. The predicted molar refractivity (Wildman–Crippen MR) is 122 cm³/mol. The molecule has 0 aliphatic heterocycles. The molecule has 2 heterocycles. The molecule has 2 aromatic carbocycles. The molecule has 0 fully saturated rings. The van der Waals surface area contributed by atoms with Gasteiger partial charge < -0.3 is 19.7 Å². The summed E-state index contributed by atoms with van der Waals surface area (Å²) in [4.78, 5) is 19.8. The Morgan fingerprint density at radius 3 is 2.58 bits per heavy atom. The summed E-state index contributed by atoms with van der Waals surface area (Å²) in [6, 6.07) is 9.38. The summed E-state index contributed by atoms with van der Waals surface area (Å²) < 4.78 is 6.88. The number of aryl methyl sites for hydroxylation is 1. The van der Waals surface area contributed by atoms with Crippen LogP contribution >= 0.6 is 11.3 Å². The number of benzene rings is 2. The number of aliphatic hydroxyl groups excluding tert-OH is 2. The zero-order valence-corrected chi connectivity index (χ0v) is 18.0. The van der Waals surface area contributed by atoms with E-state index in [1.54, 1.807) is 11.0 Å². The van der Waals surface area contributed by atoms with Crippen LogP contribution in [0, 0.1) is 0 Å². The predicted octanol–water partition coefficient (Wildman–Crippen LogP) is 3.12. The van der Waals surface area contributed by atoms with E-state index in [2.05, 4.69) is 4.98 Å². The lowest BCUT2D eigenvalue weighted by Gasteiger charge is -2.22. The highest BCUT2D eigenvalue weighted by Gasteiger charge is 2.21. The number of thiazole rings is 1. The summed E-state index contributed by atoms with van der Waals surface area (Å²) in [5, 5.41) is 30.4. The van der Waals surface area contributed by atoms with E-state index in [9.17, 15) is 20.1 Å². The van der Waals surface area contributed by atoms with Crippen molar-refractivity contribution in [3.05, 3.63) is 57.9 Å². The molecule has 0 saturated carbocycles. The van der Waals surface area contributed by atoms with Gasteiger partial charge in [-0.25, -0.2) is 4.98 Å². The second-order valence-corrected chi connectivity index (χ2v) is 8.31. The molecule has 0 amide bonds. The first-order chi connectivity index (χ1) is 15.1. The van der Waals surface area contributed by atoms with Crippen LogP contribution in [0.4, 0.5) is 0 Å². The summed E-state index contributed by atoms with van der Waals surface area (Å²) in [5.41, 5.74) is 2.44. The largest absolute Gasteiger partial charge is 0.507 e. The normalized spacial score (nSPS) is 11.7. The number of rotatable bonds is 8. The molecule has 4 rings (SSSR count). The molecule has 162 valence electrons. The van der Waals surface area contributed by atoms with Crippen molar-refractivity contribution in [2.24, 2.45) is 0 Å². The zero-order valence-electron chi connectivity index (χ0n) is 17.2. The summed E-state index contributed by atoms with van der Waals surface area (Å²) >= 11 is 1.43. The lowest BCUT2D eigenvalue weighted by atomic mass is 10.0. The highest BCUT2D eigenvalue weighted by atomic mass is 32.1. The average Bonchev–Trinajstić information content (AvgIpc) is 3.20. The molecule has 7 nitrogen and oxygen atoms in total. The molecular formula is C23H24N2O5S. The monoisotopic (exact) mass is 440 g/mol. The fourth-order valence-corrected chi connectivity index (χ4v) is 4.69. The molecule has 3 N–H and O–H groups in total. The molecule has 0 radical (unpaired) electrons. The van der Waals surface area contributed by atoms with Crippen molar-refractivity contribution in [3.8, 4) is 16.3 Å². The van der Waals surface area contributed by atoms with Crippen LogP contribution in [0.2, 0.25) is 0 Å². The Balaban J connectivity index is 1.88. The molecule has 0 bridgehead atoms. The van der Waals surface area contributed by atoms with E-state index in [-0.39, 0.29) is 30.9 Å². The molecule has 0 unspecified atom stereocenters. The summed E-state index contributed by atoms with van der Waals surface area (Å²) in [6.45, 7) is 2.62. The number of fused-ring (bicyclic) bond motifs is 2. The third kappa shape index (κ3) is 4.07. The van der Waals surface area contributed by atoms with Crippen molar-refractivity contribution in [1.82, 2.24) is 9.88 Å². The third-order valence-corrected chi connectivity index (χ3v) is 6.40. The van der Waals surface area contributed by atoms with Gasteiger partial charge in [0, 0.05) is 19.6 Å². The van der Waals surface area contributed by atoms with Gasteiger partial charge in [0.15, 0.2) is 0 Å². The van der Waals surface area contributed by atoms with E-state index >= 15 is 0 Å². The van der Waals surface area contributed by atoms with Gasteiger partial charge in [-0.05, 0) is 30.2 Å². The molecule has 0 saturated heterocycles. The van der Waals surface area contributed by atoms with Gasteiger partial charge in [0.1, 0.15) is 22.6 Å². The lowest BCUT2D eigenvalue weighted by Crippen LogP contribution is -2.29. The molecule has 4 aromatic rings. The first kappa shape index (κ1) is 21.5. The van der Waals surface area contributed by atoms with Crippen molar-refractivity contribution >= 4 is 32.5 Å². The van der Waals surface area contributed by atoms with Gasteiger partial charge in [0.05, 0.1) is 39.9 Å². The number of phenols is 1. The van der Waals surface area contributed by atoms with Crippen LogP contribution in [0.3, 0.4) is 0 Å². The lowest BCUT2D eigenvalue weighted by molar-refractivity contribution is 0.155. The minimum absolute atomic E-state index is 0.0757. The molecule has 2 aromatic heterocycles. The minimum Gasteiger partial charge on any atom is -0.507 e. The van der Waals surface area contributed by atoms with E-state index in [1.165, 1.54) is 17.6 Å². The van der Waals surface area contributed by atoms with Gasteiger partial charge in [-0.1, -0.05) is 19.1 Å². The SMILES string of the molecule is CCc1cc2c(=O)c(-c3nc4ccccc4s3)coc2c(CN(CCO)CCO)c1O. The maximum absolute atomic E-state index is 13.4. The van der Waals surface area contributed by atoms with Crippen molar-refractivity contribution in [2.75, 3.05) is 26.3 Å². The molecule has 8 heteroatoms. The van der Waals surface area contributed by atoms with Crippen molar-refractivity contribution in [3.63, 3.8) is 0 Å². The number of hydrogen-bond donors (Lipinski definition) is 3. The molecule has 0 spiro atoms. The number of phenolic OH excluding ortho intramolecular Hbond substituents is 1. The number of aromatic hydroxyl groups is 1. The van der Waals surface area contributed by atoms with Crippen LogP contribution in [-0.2, 0) is 13.0 Å². The van der Waals surface area contributed by atoms with Crippen LogP contribution in [0.5, 0.6) is 5.75 Å². The second-order valence-electron chi connectivity index (χ2n) is 7.28. The molecule has 0 aliphatic carbocycles. The van der Waals surface area contributed by atoms with Crippen molar-refractivity contribution in [2.45, 2.75) is 19.9 Å². The van der Waals surface area contributed by atoms with Gasteiger partial charge >= 0.3 is 0 Å². The van der Waals surface area contributed by atoms with Gasteiger partial charge in [0.25, 0.3) is 0 Å². The van der Waals surface area contributed by atoms with Gasteiger partial charge in [0.2, 0.25) is 5.43 Å². The van der Waals surface area contributed by atoms with E-state index in [1.807, 2.05) is 31.2 Å². The van der Waals surface area contributed by atoms with Crippen LogP contribution < -0.4 is 5.43 Å². The van der Waals surface area contributed by atoms with Gasteiger partial charge in [-0.3, -0.25) is 9.69 Å². The average molecular weight is 441 g/mol. The van der Waals surface area contributed by atoms with Crippen LogP contribution in [0.15, 0.2) is 45.8 Å². The number of nitrogens with zero attached hydrogens (tertiary/aromatic N) is 2. The number of hydrogen-bond acceptors (Lipinski definition) is 8. The molecule has 0 atom stereocenters. The summed E-state index contributed by atoms with van der Waals surface area (Å²) in [5.74, 6) is 0.0757. The van der Waals surface area contributed by atoms with E-state index in [4.69, 9.17) is 4.42 Å². The Kier molecular flexibility index (Phi) is 6.33. The fraction of sp³-hybridized carbons (Fsp3) is 0.304. The number of aliphatic hydroxyl groups is 2. The molecule has 31 heavy (non-hydrogen) atoms. The van der Waals surface area contributed by atoms with E-state index in [0.717, 1.165) is 10.2 Å². The Morgan fingerprint density at radius 2 is 1.90 bits per heavy atom. The first-order valence-corrected chi connectivity index (χ1v) is 11.0. The Morgan fingerprint density at radius 1 is 1.16 bits per heavy atom. The molecule has 0 aliphatic rings. The topological polar surface area (TPSA) is 107 Å². The number of para-hydroxylation sites is 1. The molecular weight excluding hydrogens is 416 g/mol. The van der Waals surface area contributed by atoms with Gasteiger partial charge in [-0.2, -0.15) is 0 Å². The van der Waals surface area contributed by atoms with Crippen molar-refractivity contribution in [1.29, 1.82) is 0 Å². The maximum Gasteiger partial charge on any atom is 0.202 e. The van der Waals surface area contributed by atoms with Crippen LogP contribution in [0.1, 0.15) is 18.1 Å². The third-order valence-electron chi connectivity index (χ3n) is 5.33. The Labute approximate surface area is 182 Å². The number of aromatic nitrogens is 1. The van der Waals surface area contributed by atoms with E-state index in [0.29, 0.717) is 52.2 Å². The summed E-state index contributed by atoms with van der Waals surface area (Å²) in [7, 11) is 0. The van der Waals surface area contributed by atoms with E-state index < -0.39 is 0 Å². The van der Waals surface area contributed by atoms with Crippen LogP contribution in [0.25, 0.3) is 31.8 Å². The summed E-state index contributed by atoms with van der Waals surface area (Å²) in [6.07, 6.45) is 1.94. The van der Waals surface area contributed by atoms with Gasteiger partial charge in [-0.15, -0.1) is 11.3 Å². The van der Waals surface area contributed by atoms with Crippen LogP contribution in [-0.4, -0.2) is 51.5 Å². The maximum atomic E-state index is 13.4. The highest BCUT2D eigenvalue weighted by molar-refractivity contribution is 7.21. The minimum atomic E-state index is -0.202. The second kappa shape index (κ2) is 9.15.